The Morgan fingerprint density at radius 3 is 2.70 bits per heavy atom. The molecule has 1 aromatic carbocycles. The second-order valence-corrected chi connectivity index (χ2v) is 5.64. The number of nitrogens with two attached hydrogens (primary N) is 1. The van der Waals surface area contributed by atoms with E-state index in [2.05, 4.69) is 10.5 Å². The predicted molar refractivity (Wildman–Crippen MR) is 82.1 cm³/mol. The number of rotatable bonds is 4. The molecule has 3 aromatic rings. The first-order chi connectivity index (χ1) is 9.79. The molecule has 0 bridgehead atoms. The lowest BCUT2D eigenvalue weighted by atomic mass is 10.1. The molecule has 20 heavy (non-hydrogen) atoms. The fraction of sp³-hybridized carbons (Fsp3) is 0.0714. The standard InChI is InChI=1S/C14H13ClN4S/c15-12-6-7-20-14(12)13(18-16)10-8-17-19(9-10)11-4-2-1-3-5-11/h1-9,13,18H,16H2. The number of hydrogen-bond acceptors (Lipinski definition) is 4. The molecule has 2 aromatic heterocycles. The molecule has 4 nitrogen and oxygen atoms in total. The molecule has 0 amide bonds. The maximum Gasteiger partial charge on any atom is 0.0848 e. The molecule has 0 fully saturated rings. The number of halogens is 1. The van der Waals surface area contributed by atoms with Crippen molar-refractivity contribution in [2.24, 2.45) is 5.84 Å². The summed E-state index contributed by atoms with van der Waals surface area (Å²) in [6.45, 7) is 0. The highest BCUT2D eigenvalue weighted by Crippen LogP contribution is 2.32. The fourth-order valence-corrected chi connectivity index (χ4v) is 3.29. The first-order valence-electron chi connectivity index (χ1n) is 6.08. The summed E-state index contributed by atoms with van der Waals surface area (Å²) in [7, 11) is 0. The van der Waals surface area contributed by atoms with Gasteiger partial charge in [-0.15, -0.1) is 11.3 Å². The van der Waals surface area contributed by atoms with Gasteiger partial charge in [0.1, 0.15) is 0 Å². The van der Waals surface area contributed by atoms with Crippen LogP contribution in [0.1, 0.15) is 16.5 Å². The Morgan fingerprint density at radius 2 is 2.05 bits per heavy atom. The molecule has 0 spiro atoms. The molecule has 6 heteroatoms. The number of para-hydroxylation sites is 1. The minimum absolute atomic E-state index is 0.153. The highest BCUT2D eigenvalue weighted by Gasteiger charge is 2.18. The molecule has 0 saturated heterocycles. The molecule has 3 rings (SSSR count). The number of hydrazine groups is 1. The lowest BCUT2D eigenvalue weighted by Gasteiger charge is -2.12. The van der Waals surface area contributed by atoms with Gasteiger partial charge >= 0.3 is 0 Å². The number of aromatic nitrogens is 2. The van der Waals surface area contributed by atoms with Crippen molar-refractivity contribution >= 4 is 22.9 Å². The van der Waals surface area contributed by atoms with Crippen LogP contribution in [-0.4, -0.2) is 9.78 Å². The Labute approximate surface area is 125 Å². The summed E-state index contributed by atoms with van der Waals surface area (Å²) < 4.78 is 1.82. The highest BCUT2D eigenvalue weighted by molar-refractivity contribution is 7.10. The number of hydrogen-bond donors (Lipinski definition) is 2. The van der Waals surface area contributed by atoms with E-state index in [-0.39, 0.29) is 6.04 Å². The van der Waals surface area contributed by atoms with E-state index in [9.17, 15) is 0 Å². The van der Waals surface area contributed by atoms with Crippen molar-refractivity contribution in [3.05, 3.63) is 69.6 Å². The molecule has 0 aliphatic rings. The Bertz CT molecular complexity index is 692. The molecule has 1 atom stereocenters. The summed E-state index contributed by atoms with van der Waals surface area (Å²) in [4.78, 5) is 0.988. The molecule has 3 N–H and O–H groups in total. The minimum atomic E-state index is -0.153. The molecular weight excluding hydrogens is 292 g/mol. The third-order valence-corrected chi connectivity index (χ3v) is 4.45. The van der Waals surface area contributed by atoms with Crippen LogP contribution < -0.4 is 11.3 Å². The van der Waals surface area contributed by atoms with E-state index in [0.29, 0.717) is 5.02 Å². The van der Waals surface area contributed by atoms with Crippen molar-refractivity contribution < 1.29 is 0 Å². The van der Waals surface area contributed by atoms with Gasteiger partial charge in [0.15, 0.2) is 0 Å². The topological polar surface area (TPSA) is 55.9 Å². The molecule has 2 heterocycles. The zero-order valence-corrected chi connectivity index (χ0v) is 12.1. The van der Waals surface area contributed by atoms with E-state index >= 15 is 0 Å². The van der Waals surface area contributed by atoms with Crippen LogP contribution in [0.2, 0.25) is 5.02 Å². The van der Waals surface area contributed by atoms with Crippen molar-refractivity contribution in [2.45, 2.75) is 6.04 Å². The van der Waals surface area contributed by atoms with Gasteiger partial charge in [0.2, 0.25) is 0 Å². The van der Waals surface area contributed by atoms with E-state index in [1.165, 1.54) is 0 Å². The summed E-state index contributed by atoms with van der Waals surface area (Å²) in [6, 6.07) is 11.6. The fourth-order valence-electron chi connectivity index (χ4n) is 2.04. The summed E-state index contributed by atoms with van der Waals surface area (Å²) >= 11 is 7.75. The van der Waals surface area contributed by atoms with Crippen LogP contribution in [0.3, 0.4) is 0 Å². The number of thiophene rings is 1. The van der Waals surface area contributed by atoms with Gasteiger partial charge in [0.25, 0.3) is 0 Å². The van der Waals surface area contributed by atoms with Gasteiger partial charge in [0, 0.05) is 16.6 Å². The lowest BCUT2D eigenvalue weighted by Crippen LogP contribution is -2.28. The van der Waals surface area contributed by atoms with E-state index in [4.69, 9.17) is 17.4 Å². The minimum Gasteiger partial charge on any atom is -0.271 e. The molecule has 0 aliphatic carbocycles. The molecule has 0 saturated carbocycles. The third-order valence-electron chi connectivity index (χ3n) is 3.03. The van der Waals surface area contributed by atoms with Crippen LogP contribution in [0.15, 0.2) is 54.2 Å². The summed E-state index contributed by atoms with van der Waals surface area (Å²) in [5, 5.41) is 7.04. The first-order valence-corrected chi connectivity index (χ1v) is 7.34. The molecular formula is C14H13ClN4S. The number of nitrogens with zero attached hydrogens (tertiary/aromatic N) is 2. The SMILES string of the molecule is NNC(c1cnn(-c2ccccc2)c1)c1sccc1Cl. The predicted octanol–water partition coefficient (Wildman–Crippen LogP) is 3.14. The zero-order chi connectivity index (χ0) is 13.9. The summed E-state index contributed by atoms with van der Waals surface area (Å²) in [5.41, 5.74) is 4.78. The molecule has 0 radical (unpaired) electrons. The quantitative estimate of drug-likeness (QED) is 0.575. The smallest absolute Gasteiger partial charge is 0.0848 e. The first kappa shape index (κ1) is 13.3. The van der Waals surface area contributed by atoms with Crippen molar-refractivity contribution in [3.63, 3.8) is 0 Å². The second-order valence-electron chi connectivity index (χ2n) is 4.29. The maximum atomic E-state index is 6.17. The average Bonchev–Trinajstić information content (AvgIpc) is 3.12. The van der Waals surface area contributed by atoms with Crippen LogP contribution in [-0.2, 0) is 0 Å². The van der Waals surface area contributed by atoms with Gasteiger partial charge in [-0.05, 0) is 23.6 Å². The normalized spacial score (nSPS) is 12.5. The molecule has 102 valence electrons. The second kappa shape index (κ2) is 5.76. The van der Waals surface area contributed by atoms with Gasteiger partial charge < -0.3 is 0 Å². The Morgan fingerprint density at radius 1 is 1.25 bits per heavy atom. The molecule has 0 aliphatic heterocycles. The van der Waals surface area contributed by atoms with Gasteiger partial charge in [0.05, 0.1) is 22.9 Å². The summed E-state index contributed by atoms with van der Waals surface area (Å²) in [5.74, 6) is 5.67. The van der Waals surface area contributed by atoms with E-state index < -0.39 is 0 Å². The van der Waals surface area contributed by atoms with E-state index in [1.807, 2.05) is 52.7 Å². The average molecular weight is 305 g/mol. The third kappa shape index (κ3) is 2.48. The van der Waals surface area contributed by atoms with E-state index in [1.54, 1.807) is 17.5 Å². The number of nitrogens with one attached hydrogen (secondary N) is 1. The van der Waals surface area contributed by atoms with Crippen molar-refractivity contribution in [3.8, 4) is 5.69 Å². The zero-order valence-electron chi connectivity index (χ0n) is 10.5. The Balaban J connectivity index is 1.95. The van der Waals surface area contributed by atoms with Gasteiger partial charge in [-0.25, -0.2) is 10.1 Å². The number of benzene rings is 1. The summed E-state index contributed by atoms with van der Waals surface area (Å²) in [6.07, 6.45) is 3.75. The monoisotopic (exact) mass is 304 g/mol. The Hall–Kier alpha value is -1.66. The van der Waals surface area contributed by atoms with Gasteiger partial charge in [-0.1, -0.05) is 29.8 Å². The lowest BCUT2D eigenvalue weighted by molar-refractivity contribution is 0.646. The van der Waals surface area contributed by atoms with Crippen molar-refractivity contribution in [1.82, 2.24) is 15.2 Å². The largest absolute Gasteiger partial charge is 0.271 e. The van der Waals surface area contributed by atoms with Crippen LogP contribution in [0.5, 0.6) is 0 Å². The van der Waals surface area contributed by atoms with Gasteiger partial charge in [-0.2, -0.15) is 5.10 Å². The Kier molecular flexibility index (Phi) is 3.84. The van der Waals surface area contributed by atoms with Crippen LogP contribution in [0.4, 0.5) is 0 Å². The van der Waals surface area contributed by atoms with E-state index in [0.717, 1.165) is 16.1 Å². The molecule has 1 unspecified atom stereocenters. The van der Waals surface area contributed by atoms with Crippen molar-refractivity contribution in [1.29, 1.82) is 0 Å². The van der Waals surface area contributed by atoms with Crippen molar-refractivity contribution in [2.75, 3.05) is 0 Å². The van der Waals surface area contributed by atoms with Crippen LogP contribution in [0, 0.1) is 0 Å². The van der Waals surface area contributed by atoms with Crippen LogP contribution in [0.25, 0.3) is 5.69 Å². The maximum absolute atomic E-state index is 6.17. The van der Waals surface area contributed by atoms with Crippen LogP contribution >= 0.6 is 22.9 Å². The van der Waals surface area contributed by atoms with Gasteiger partial charge in [-0.3, -0.25) is 5.84 Å². The highest BCUT2D eigenvalue weighted by atomic mass is 35.5.